The van der Waals surface area contributed by atoms with Crippen molar-refractivity contribution < 1.29 is 0 Å². The van der Waals surface area contributed by atoms with Gasteiger partial charge in [-0.25, -0.2) is 0 Å². The predicted octanol–water partition coefficient (Wildman–Crippen LogP) is 3.94. The van der Waals surface area contributed by atoms with Gasteiger partial charge in [0.2, 0.25) is 0 Å². The summed E-state index contributed by atoms with van der Waals surface area (Å²) in [7, 11) is 0. The van der Waals surface area contributed by atoms with Crippen LogP contribution in [0.2, 0.25) is 0 Å². The summed E-state index contributed by atoms with van der Waals surface area (Å²) in [5.41, 5.74) is 3.58. The Morgan fingerprint density at radius 3 is 2.70 bits per heavy atom. The van der Waals surface area contributed by atoms with E-state index in [0.29, 0.717) is 20.7 Å². The molecule has 10 atom stereocenters. The molecule has 0 amide bonds. The van der Waals surface area contributed by atoms with Crippen LogP contribution in [0.3, 0.4) is 0 Å². The Labute approximate surface area is 150 Å². The van der Waals surface area contributed by atoms with Gasteiger partial charge in [0.05, 0.1) is 0 Å². The van der Waals surface area contributed by atoms with Crippen molar-refractivity contribution in [3.8, 4) is 0 Å². The second-order valence-electron chi connectivity index (χ2n) is 8.83. The van der Waals surface area contributed by atoms with Crippen LogP contribution in [0.4, 0.5) is 0 Å². The minimum atomic E-state index is 0.454. The van der Waals surface area contributed by atoms with E-state index in [1.165, 1.54) is 19.3 Å². The number of hydrogen-bond acceptors (Lipinski definition) is 2. The van der Waals surface area contributed by atoms with Gasteiger partial charge in [0, 0.05) is 45.0 Å². The average molecular weight is 424 g/mol. The molecular formula is C20H29IN2. The first-order valence-electron chi connectivity index (χ1n) is 10.0. The standard InChI is InChI=1S/C18H23IN2.C2H6/c1-6-3-4-8-9(5-6)12-11(8)15-17(12)21-16-13(18(21)20-15)10-7(2)19-14(10)16;1-2/h6,8-14,16,18,20H,3-5H2,1-2H3;1-2H3/t6?,8-,9+,10?,11?,12?,13+,14?,16+,18?;/m0./s1. The molecule has 0 aromatic heterocycles. The van der Waals surface area contributed by atoms with Crippen molar-refractivity contribution in [3.05, 3.63) is 11.4 Å². The second kappa shape index (κ2) is 4.37. The Morgan fingerprint density at radius 2 is 1.91 bits per heavy atom. The van der Waals surface area contributed by atoms with Crippen LogP contribution in [-0.2, 0) is 0 Å². The van der Waals surface area contributed by atoms with Crippen molar-refractivity contribution in [1.29, 1.82) is 0 Å². The number of fused-ring (bicyclic) bond motifs is 14. The average Bonchev–Trinajstić information content (AvgIpc) is 2.77. The molecule has 3 saturated carbocycles. The molecule has 0 aromatic rings. The van der Waals surface area contributed by atoms with Crippen molar-refractivity contribution in [2.75, 3.05) is 0 Å². The van der Waals surface area contributed by atoms with E-state index < -0.39 is 0 Å². The molecule has 7 rings (SSSR count). The number of piperidine rings is 1. The molecule has 0 bridgehead atoms. The summed E-state index contributed by atoms with van der Waals surface area (Å²) < 4.78 is 3.07. The van der Waals surface area contributed by atoms with Crippen LogP contribution in [-0.4, -0.2) is 24.5 Å². The summed E-state index contributed by atoms with van der Waals surface area (Å²) in [4.78, 5) is 2.91. The van der Waals surface area contributed by atoms with Gasteiger partial charge < -0.3 is 10.2 Å². The third-order valence-electron chi connectivity index (χ3n) is 8.25. The van der Waals surface area contributed by atoms with Crippen molar-refractivity contribution >= 4 is 24.2 Å². The van der Waals surface area contributed by atoms with Crippen LogP contribution in [0, 0.1) is 41.4 Å². The van der Waals surface area contributed by atoms with Crippen LogP contribution in [0.1, 0.15) is 47.0 Å². The fourth-order valence-electron chi connectivity index (χ4n) is 7.35. The van der Waals surface area contributed by atoms with E-state index in [0.717, 1.165) is 57.6 Å². The molecule has 1 N–H and O–H groups in total. The molecule has 4 aliphatic carbocycles. The number of nitrogens with zero attached hydrogens (tertiary/aromatic N) is 1. The van der Waals surface area contributed by atoms with Crippen molar-refractivity contribution in [2.45, 2.75) is 63.1 Å². The highest BCUT2D eigenvalue weighted by Crippen LogP contribution is 2.73. The van der Waals surface area contributed by atoms with Gasteiger partial charge in [0.25, 0.3) is 0 Å². The van der Waals surface area contributed by atoms with E-state index in [4.69, 9.17) is 0 Å². The number of nitrogens with one attached hydrogen (secondary N) is 1. The number of halogens is 1. The van der Waals surface area contributed by atoms with Crippen LogP contribution in [0.25, 0.3) is 0 Å². The molecule has 3 heterocycles. The van der Waals surface area contributed by atoms with Crippen molar-refractivity contribution in [1.82, 2.24) is 10.2 Å². The summed E-state index contributed by atoms with van der Waals surface area (Å²) in [5.74, 6) is 7.15. The topological polar surface area (TPSA) is 15.3 Å². The first-order chi connectivity index (χ1) is 11.3. The molecule has 0 radical (unpaired) electrons. The third-order valence-corrected chi connectivity index (χ3v) is 12.2. The normalized spacial score (nSPS) is 58.6. The molecule has 6 unspecified atom stereocenters. The zero-order chi connectivity index (χ0) is 15.6. The lowest BCUT2D eigenvalue weighted by Gasteiger charge is -2.72. The summed E-state index contributed by atoms with van der Waals surface area (Å²) in [5, 5.41) is 4.01. The molecule has 126 valence electrons. The van der Waals surface area contributed by atoms with E-state index in [2.05, 4.69) is 24.1 Å². The van der Waals surface area contributed by atoms with E-state index in [1.54, 1.807) is 5.70 Å². The summed E-state index contributed by atoms with van der Waals surface area (Å²) in [6, 6.07) is 0.998. The largest absolute Gasteiger partial charge is 0.367 e. The Morgan fingerprint density at radius 1 is 1.09 bits per heavy atom. The molecule has 3 aliphatic heterocycles. The summed E-state index contributed by atoms with van der Waals surface area (Å²) in [6.07, 6.45) is 5.28. The van der Waals surface area contributed by atoms with Gasteiger partial charge in [-0.1, -0.05) is 27.2 Å². The smallest absolute Gasteiger partial charge is 0.104 e. The first-order valence-corrected chi connectivity index (χ1v) is 12.3. The second-order valence-corrected chi connectivity index (χ2v) is 12.6. The highest BCUT2D eigenvalue weighted by Gasteiger charge is 2.76. The molecule has 2 nitrogen and oxygen atoms in total. The number of hydrogen-bond donors (Lipinski definition) is 1. The number of alkyl halides is 1. The van der Waals surface area contributed by atoms with E-state index in [1.807, 2.05) is 23.1 Å². The van der Waals surface area contributed by atoms with Crippen molar-refractivity contribution in [2.24, 2.45) is 41.4 Å². The van der Waals surface area contributed by atoms with E-state index >= 15 is 0 Å². The minimum absolute atomic E-state index is 0.454. The van der Waals surface area contributed by atoms with Gasteiger partial charge >= 0.3 is 0 Å². The molecular weight excluding hydrogens is 395 g/mol. The zero-order valence-corrected chi connectivity index (χ0v) is 16.9. The maximum atomic E-state index is 4.01. The SMILES string of the molecule is CC.CC1=IC2C1[C@H]1C3NC4=C(C5C4[C@H]4CCC(C)C[C@@H]54)N3[C@@H]21. The molecule has 7 aliphatic rings. The minimum Gasteiger partial charge on any atom is -0.367 e. The molecule has 3 heteroatoms. The van der Waals surface area contributed by atoms with Gasteiger partial charge in [-0.3, -0.25) is 0 Å². The Kier molecular flexibility index (Phi) is 2.69. The van der Waals surface area contributed by atoms with Crippen LogP contribution in [0.5, 0.6) is 0 Å². The summed E-state index contributed by atoms with van der Waals surface area (Å²) >= 11 is 0.454. The third kappa shape index (κ3) is 1.33. The van der Waals surface area contributed by atoms with E-state index in [-0.39, 0.29) is 0 Å². The Hall–Kier alpha value is -0.0600. The molecule has 23 heavy (non-hydrogen) atoms. The maximum Gasteiger partial charge on any atom is 0.104 e. The maximum absolute atomic E-state index is 4.01. The lowest BCUT2D eigenvalue weighted by atomic mass is 9.43. The zero-order valence-electron chi connectivity index (χ0n) is 14.7. The van der Waals surface area contributed by atoms with Crippen LogP contribution in [0.15, 0.2) is 11.4 Å². The quantitative estimate of drug-likeness (QED) is 0.468. The van der Waals surface area contributed by atoms with Gasteiger partial charge in [0.1, 0.15) is 6.17 Å². The van der Waals surface area contributed by atoms with Crippen LogP contribution < -0.4 is 5.32 Å². The molecule has 0 spiro atoms. The molecule has 0 aromatic carbocycles. The van der Waals surface area contributed by atoms with Gasteiger partial charge in [-0.15, -0.1) is 20.7 Å². The Bertz CT molecular complexity index is 652. The monoisotopic (exact) mass is 424 g/mol. The summed E-state index contributed by atoms with van der Waals surface area (Å²) in [6.45, 7) is 8.94. The molecule has 1 saturated heterocycles. The highest BCUT2D eigenvalue weighted by atomic mass is 127. The Balaban J connectivity index is 0.000000542. The van der Waals surface area contributed by atoms with Crippen LogP contribution >= 0.6 is 20.7 Å². The fourth-order valence-corrected chi connectivity index (χ4v) is 11.7. The lowest BCUT2D eigenvalue weighted by Crippen LogP contribution is -2.82. The fraction of sp³-hybridized carbons (Fsp3) is 0.850. The van der Waals surface area contributed by atoms with Gasteiger partial charge in [-0.05, 0) is 41.0 Å². The lowest BCUT2D eigenvalue weighted by molar-refractivity contribution is -0.130. The number of rotatable bonds is 0. The first kappa shape index (κ1) is 14.1. The van der Waals surface area contributed by atoms with Gasteiger partial charge in [0.15, 0.2) is 0 Å². The van der Waals surface area contributed by atoms with E-state index in [9.17, 15) is 0 Å². The van der Waals surface area contributed by atoms with Gasteiger partial charge in [-0.2, -0.15) is 0 Å². The van der Waals surface area contributed by atoms with Crippen molar-refractivity contribution in [3.63, 3.8) is 0 Å². The predicted molar refractivity (Wildman–Crippen MR) is 103 cm³/mol. The number of allylic oxidation sites excluding steroid dienone is 2. The highest BCUT2D eigenvalue weighted by molar-refractivity contribution is 14.2. The molecule has 4 fully saturated rings.